The molecule has 0 aromatic carbocycles. The maximum atomic E-state index is 10.9. The Morgan fingerprint density at radius 3 is 2.57 bits per heavy atom. The van der Waals surface area contributed by atoms with E-state index in [1.54, 1.807) is 12.3 Å². The molecule has 14 heavy (non-hydrogen) atoms. The van der Waals surface area contributed by atoms with E-state index in [0.29, 0.717) is 5.56 Å². The SMILES string of the molecule is NC(=O)c1ccn(N2CCCCC2)c1. The highest BCUT2D eigenvalue weighted by Gasteiger charge is 2.11. The van der Waals surface area contributed by atoms with Gasteiger partial charge < -0.3 is 10.7 Å². The number of rotatable bonds is 2. The van der Waals surface area contributed by atoms with Crippen LogP contribution in [0.15, 0.2) is 18.5 Å². The molecule has 4 heteroatoms. The van der Waals surface area contributed by atoms with Gasteiger partial charge in [0.25, 0.3) is 0 Å². The monoisotopic (exact) mass is 193 g/mol. The summed E-state index contributed by atoms with van der Waals surface area (Å²) >= 11 is 0. The van der Waals surface area contributed by atoms with Crippen LogP contribution in [0.5, 0.6) is 0 Å². The van der Waals surface area contributed by atoms with Gasteiger partial charge >= 0.3 is 0 Å². The second-order valence-electron chi connectivity index (χ2n) is 3.66. The minimum absolute atomic E-state index is 0.360. The molecule has 1 aliphatic heterocycles. The van der Waals surface area contributed by atoms with Crippen molar-refractivity contribution in [3.8, 4) is 0 Å². The van der Waals surface area contributed by atoms with Crippen LogP contribution in [0, 0.1) is 0 Å². The van der Waals surface area contributed by atoms with Gasteiger partial charge in [0, 0.05) is 25.5 Å². The summed E-state index contributed by atoms with van der Waals surface area (Å²) in [7, 11) is 0. The van der Waals surface area contributed by atoms with Crippen molar-refractivity contribution in [1.29, 1.82) is 0 Å². The molecule has 1 fully saturated rings. The fourth-order valence-corrected chi connectivity index (χ4v) is 1.82. The summed E-state index contributed by atoms with van der Waals surface area (Å²) < 4.78 is 1.97. The molecular formula is C10H15N3O. The number of hydrogen-bond donors (Lipinski definition) is 1. The highest BCUT2D eigenvalue weighted by atomic mass is 16.1. The summed E-state index contributed by atoms with van der Waals surface area (Å²) in [6.07, 6.45) is 7.45. The van der Waals surface area contributed by atoms with Crippen molar-refractivity contribution in [3.63, 3.8) is 0 Å². The fraction of sp³-hybridized carbons (Fsp3) is 0.500. The van der Waals surface area contributed by atoms with Gasteiger partial charge in [0.1, 0.15) is 0 Å². The molecule has 4 nitrogen and oxygen atoms in total. The fourth-order valence-electron chi connectivity index (χ4n) is 1.82. The molecule has 76 valence electrons. The smallest absolute Gasteiger partial charge is 0.250 e. The van der Waals surface area contributed by atoms with Gasteiger partial charge in [-0.3, -0.25) is 9.47 Å². The van der Waals surface area contributed by atoms with Crippen molar-refractivity contribution in [2.24, 2.45) is 5.73 Å². The van der Waals surface area contributed by atoms with Gasteiger partial charge in [-0.15, -0.1) is 0 Å². The molecular weight excluding hydrogens is 178 g/mol. The van der Waals surface area contributed by atoms with Crippen molar-refractivity contribution >= 4 is 5.91 Å². The molecule has 2 N–H and O–H groups in total. The molecule has 2 rings (SSSR count). The Kier molecular flexibility index (Phi) is 2.43. The van der Waals surface area contributed by atoms with Crippen LogP contribution in [0.3, 0.4) is 0 Å². The molecule has 0 saturated carbocycles. The Labute approximate surface area is 83.3 Å². The van der Waals surface area contributed by atoms with Crippen LogP contribution in [0.1, 0.15) is 29.6 Å². The van der Waals surface area contributed by atoms with Gasteiger partial charge in [0.15, 0.2) is 0 Å². The lowest BCUT2D eigenvalue weighted by Crippen LogP contribution is -2.38. The van der Waals surface area contributed by atoms with Crippen LogP contribution in [0.25, 0.3) is 0 Å². The average molecular weight is 193 g/mol. The lowest BCUT2D eigenvalue weighted by atomic mass is 10.2. The number of piperidine rings is 1. The number of amides is 1. The largest absolute Gasteiger partial charge is 0.366 e. The van der Waals surface area contributed by atoms with Crippen LogP contribution in [0.2, 0.25) is 0 Å². The molecule has 0 bridgehead atoms. The van der Waals surface area contributed by atoms with E-state index in [2.05, 4.69) is 5.01 Å². The first kappa shape index (κ1) is 9.12. The van der Waals surface area contributed by atoms with E-state index in [-0.39, 0.29) is 5.91 Å². The second-order valence-corrected chi connectivity index (χ2v) is 3.66. The highest BCUT2D eigenvalue weighted by molar-refractivity contribution is 5.92. The summed E-state index contributed by atoms with van der Waals surface area (Å²) in [6, 6.07) is 1.76. The topological polar surface area (TPSA) is 51.3 Å². The predicted octanol–water partition coefficient (Wildman–Crippen LogP) is 0.709. The third kappa shape index (κ3) is 1.73. The predicted molar refractivity (Wildman–Crippen MR) is 54.8 cm³/mol. The molecule has 0 aliphatic carbocycles. The van der Waals surface area contributed by atoms with Crippen molar-refractivity contribution in [3.05, 3.63) is 24.0 Å². The zero-order valence-electron chi connectivity index (χ0n) is 8.15. The maximum absolute atomic E-state index is 10.9. The quantitative estimate of drug-likeness (QED) is 0.752. The normalized spacial score (nSPS) is 17.0. The van der Waals surface area contributed by atoms with Gasteiger partial charge in [-0.25, -0.2) is 0 Å². The van der Waals surface area contributed by atoms with Crippen molar-refractivity contribution in [2.45, 2.75) is 19.3 Å². The third-order valence-electron chi connectivity index (χ3n) is 2.62. The second kappa shape index (κ2) is 3.74. The first-order chi connectivity index (χ1) is 6.77. The Morgan fingerprint density at radius 2 is 2.00 bits per heavy atom. The maximum Gasteiger partial charge on any atom is 0.250 e. The van der Waals surface area contributed by atoms with Gasteiger partial charge in [-0.2, -0.15) is 0 Å². The van der Waals surface area contributed by atoms with Gasteiger partial charge in [0.05, 0.1) is 5.56 Å². The Morgan fingerprint density at radius 1 is 1.29 bits per heavy atom. The lowest BCUT2D eigenvalue weighted by molar-refractivity contribution is 0.100. The zero-order chi connectivity index (χ0) is 9.97. The number of carbonyl (C=O) groups excluding carboxylic acids is 1. The summed E-state index contributed by atoms with van der Waals surface area (Å²) in [5.41, 5.74) is 5.77. The number of primary amides is 1. The van der Waals surface area contributed by atoms with Crippen molar-refractivity contribution < 1.29 is 4.79 Å². The number of hydrogen-bond acceptors (Lipinski definition) is 2. The Hall–Kier alpha value is -1.45. The Bertz CT molecular complexity index is 326. The van der Waals surface area contributed by atoms with Crippen LogP contribution in [0.4, 0.5) is 0 Å². The first-order valence-electron chi connectivity index (χ1n) is 5.00. The Balaban J connectivity index is 2.11. The first-order valence-corrected chi connectivity index (χ1v) is 5.00. The lowest BCUT2D eigenvalue weighted by Gasteiger charge is -2.29. The average Bonchev–Trinajstić information content (AvgIpc) is 2.68. The minimum atomic E-state index is -0.360. The third-order valence-corrected chi connectivity index (χ3v) is 2.62. The summed E-state index contributed by atoms with van der Waals surface area (Å²) in [6.45, 7) is 2.12. The van der Waals surface area contributed by atoms with E-state index < -0.39 is 0 Å². The molecule has 0 unspecified atom stereocenters. The highest BCUT2D eigenvalue weighted by Crippen LogP contribution is 2.09. The molecule has 0 radical (unpaired) electrons. The zero-order valence-corrected chi connectivity index (χ0v) is 8.15. The molecule has 1 amide bonds. The van der Waals surface area contributed by atoms with Crippen LogP contribution in [-0.4, -0.2) is 23.7 Å². The molecule has 1 aliphatic rings. The van der Waals surface area contributed by atoms with Crippen LogP contribution < -0.4 is 10.7 Å². The van der Waals surface area contributed by atoms with E-state index in [4.69, 9.17) is 5.73 Å². The van der Waals surface area contributed by atoms with E-state index in [1.807, 2.05) is 10.9 Å². The van der Waals surface area contributed by atoms with E-state index in [9.17, 15) is 4.79 Å². The summed E-state index contributed by atoms with van der Waals surface area (Å²) in [5, 5.41) is 2.23. The number of aromatic nitrogens is 1. The molecule has 1 saturated heterocycles. The summed E-state index contributed by atoms with van der Waals surface area (Å²) in [5.74, 6) is -0.360. The summed E-state index contributed by atoms with van der Waals surface area (Å²) in [4.78, 5) is 10.9. The van der Waals surface area contributed by atoms with E-state index >= 15 is 0 Å². The van der Waals surface area contributed by atoms with E-state index in [0.717, 1.165) is 13.1 Å². The molecule has 0 spiro atoms. The molecule has 1 aromatic heterocycles. The number of nitrogens with zero attached hydrogens (tertiary/aromatic N) is 2. The standard InChI is InChI=1S/C10H15N3O/c11-10(14)9-4-7-13(8-9)12-5-2-1-3-6-12/h4,7-8H,1-3,5-6H2,(H2,11,14). The molecule has 1 aromatic rings. The van der Waals surface area contributed by atoms with Crippen LogP contribution in [-0.2, 0) is 0 Å². The number of carbonyl (C=O) groups is 1. The van der Waals surface area contributed by atoms with Crippen molar-refractivity contribution in [2.75, 3.05) is 18.1 Å². The minimum Gasteiger partial charge on any atom is -0.366 e. The molecule has 0 atom stereocenters. The molecule has 2 heterocycles. The van der Waals surface area contributed by atoms with E-state index in [1.165, 1.54) is 19.3 Å². The van der Waals surface area contributed by atoms with Gasteiger partial charge in [-0.05, 0) is 25.3 Å². The van der Waals surface area contributed by atoms with Crippen LogP contribution >= 0.6 is 0 Å². The van der Waals surface area contributed by atoms with Gasteiger partial charge in [0.2, 0.25) is 5.91 Å². The van der Waals surface area contributed by atoms with Gasteiger partial charge in [-0.1, -0.05) is 0 Å². The number of nitrogens with two attached hydrogens (primary N) is 1. The van der Waals surface area contributed by atoms with Crippen molar-refractivity contribution in [1.82, 2.24) is 4.68 Å².